The summed E-state index contributed by atoms with van der Waals surface area (Å²) in [5, 5.41) is 16.7. The molecule has 0 aliphatic heterocycles. The molecule has 0 bridgehead atoms. The molecule has 0 radical (unpaired) electrons. The van der Waals surface area contributed by atoms with E-state index in [4.69, 9.17) is 24.5 Å². The quantitative estimate of drug-likeness (QED) is 0.358. The van der Waals surface area contributed by atoms with Crippen LogP contribution in [0.4, 0.5) is 4.79 Å². The smallest absolute Gasteiger partial charge is 0.652 e. The second kappa shape index (κ2) is 16.0. The second-order valence-corrected chi connectivity index (χ2v) is 4.38. The summed E-state index contributed by atoms with van der Waals surface area (Å²) in [4.78, 5) is 19.8. The van der Waals surface area contributed by atoms with Crippen molar-refractivity contribution in [2.24, 2.45) is 0 Å². The molecular weight excluding hydrogens is 394 g/mol. The molecule has 0 amide bonds. The van der Waals surface area contributed by atoms with Gasteiger partial charge < -0.3 is 29.2 Å². The molecular formula is C17H16K2O7. The summed E-state index contributed by atoms with van der Waals surface area (Å²) in [7, 11) is 2.88. The molecule has 0 fully saturated rings. The molecule has 2 aromatic rings. The van der Waals surface area contributed by atoms with Crippen LogP contribution in [0, 0.1) is 0 Å². The monoisotopic (exact) mass is 410 g/mol. The van der Waals surface area contributed by atoms with Crippen LogP contribution in [0.25, 0.3) is 0 Å². The molecule has 128 valence electrons. The Morgan fingerprint density at radius 1 is 0.923 bits per heavy atom. The van der Waals surface area contributed by atoms with E-state index in [1.165, 1.54) is 14.2 Å². The summed E-state index contributed by atoms with van der Waals surface area (Å²) in [5.74, 6) is 0.686. The average molecular weight is 411 g/mol. The van der Waals surface area contributed by atoms with Gasteiger partial charge in [0.15, 0.2) is 11.5 Å². The first-order valence-electron chi connectivity index (χ1n) is 6.79. The number of benzene rings is 2. The van der Waals surface area contributed by atoms with Gasteiger partial charge in [-0.1, -0.05) is 30.3 Å². The predicted octanol–water partition coefficient (Wildman–Crippen LogP) is -5.38. The molecule has 0 aromatic heterocycles. The fourth-order valence-electron chi connectivity index (χ4n) is 1.77. The predicted molar refractivity (Wildman–Crippen MR) is 80.5 cm³/mol. The Labute approximate surface area is 236 Å². The standard InChI is InChI=1S/C16H16O4.CH2O3.2K/c1-18-15-10-13(16(17)19-2)8-9-14(15)20-11-12-6-4-3-5-7-12;2-1(3)4;;/h3-10H,11H2,1-2H3;(H2,2,3,4);;/q;;2*+1/p-2. The van der Waals surface area contributed by atoms with Crippen LogP contribution >= 0.6 is 0 Å². The molecule has 0 saturated carbocycles. The Kier molecular flexibility index (Phi) is 17.4. The van der Waals surface area contributed by atoms with E-state index in [0.717, 1.165) is 5.56 Å². The van der Waals surface area contributed by atoms with Gasteiger partial charge in [-0.15, -0.1) is 0 Å². The Morgan fingerprint density at radius 2 is 1.50 bits per heavy atom. The number of methoxy groups -OCH3 is 2. The number of rotatable bonds is 5. The molecule has 26 heavy (non-hydrogen) atoms. The zero-order chi connectivity index (χ0) is 17.9. The van der Waals surface area contributed by atoms with E-state index < -0.39 is 12.1 Å². The average Bonchev–Trinajstić information content (AvgIpc) is 2.59. The van der Waals surface area contributed by atoms with Crippen LogP contribution in [0.1, 0.15) is 15.9 Å². The third kappa shape index (κ3) is 11.0. The maximum atomic E-state index is 11.5. The molecule has 2 aromatic carbocycles. The van der Waals surface area contributed by atoms with E-state index in [2.05, 4.69) is 4.74 Å². The van der Waals surface area contributed by atoms with Crippen LogP contribution < -0.4 is 122 Å². The summed E-state index contributed by atoms with van der Waals surface area (Å²) in [6.07, 6.45) is -2.33. The van der Waals surface area contributed by atoms with E-state index in [-0.39, 0.29) is 103 Å². The molecule has 0 heterocycles. The maximum Gasteiger partial charge on any atom is 1.00 e. The summed E-state index contributed by atoms with van der Waals surface area (Å²) in [6.45, 7) is 0.439. The topological polar surface area (TPSA) is 108 Å². The Hall–Kier alpha value is 0.0527. The molecule has 2 rings (SSSR count). The Balaban J connectivity index is 0. The van der Waals surface area contributed by atoms with Crippen LogP contribution in [-0.2, 0) is 11.3 Å². The van der Waals surface area contributed by atoms with Crippen molar-refractivity contribution in [2.75, 3.05) is 14.2 Å². The minimum Gasteiger partial charge on any atom is -0.652 e. The number of carbonyl (C=O) groups is 2. The normalized spacial score (nSPS) is 8.54. The molecule has 7 nitrogen and oxygen atoms in total. The first-order valence-corrected chi connectivity index (χ1v) is 6.79. The number of esters is 1. The minimum atomic E-state index is -2.33. The van der Waals surface area contributed by atoms with Crippen LogP contribution in [0.15, 0.2) is 48.5 Å². The van der Waals surface area contributed by atoms with Crippen molar-refractivity contribution in [2.45, 2.75) is 6.61 Å². The van der Waals surface area contributed by atoms with Gasteiger partial charge in [-0.2, -0.15) is 0 Å². The van der Waals surface area contributed by atoms with Crippen LogP contribution in [0.3, 0.4) is 0 Å². The number of ether oxygens (including phenoxy) is 3. The summed E-state index contributed by atoms with van der Waals surface area (Å²) < 4.78 is 15.6. The fraction of sp³-hybridized carbons (Fsp3) is 0.176. The van der Waals surface area contributed by atoms with Gasteiger partial charge in [0.05, 0.1) is 19.8 Å². The van der Waals surface area contributed by atoms with Gasteiger partial charge in [-0.25, -0.2) is 4.79 Å². The minimum absolute atomic E-state index is 0. The van der Waals surface area contributed by atoms with E-state index >= 15 is 0 Å². The molecule has 0 spiro atoms. The van der Waals surface area contributed by atoms with Crippen molar-refractivity contribution >= 4 is 12.1 Å². The SMILES string of the molecule is COC(=O)c1ccc(OCc2ccccc2)c(OC)c1.O=C([O-])[O-].[K+].[K+]. The van der Waals surface area contributed by atoms with Gasteiger partial charge in [0, 0.05) is 0 Å². The molecule has 0 unspecified atom stereocenters. The fourth-order valence-corrected chi connectivity index (χ4v) is 1.77. The number of hydrogen-bond donors (Lipinski definition) is 0. The first kappa shape index (κ1) is 28.3. The molecule has 9 heteroatoms. The van der Waals surface area contributed by atoms with Crippen molar-refractivity contribution in [3.63, 3.8) is 0 Å². The summed E-state index contributed by atoms with van der Waals surface area (Å²) in [5.41, 5.74) is 1.49. The van der Waals surface area contributed by atoms with Gasteiger partial charge in [-0.3, -0.25) is 0 Å². The van der Waals surface area contributed by atoms with Crippen LogP contribution in [0.5, 0.6) is 11.5 Å². The number of carboxylic acid groups (broad SMARTS) is 2. The second-order valence-electron chi connectivity index (χ2n) is 4.38. The molecule has 0 atom stereocenters. The van der Waals surface area contributed by atoms with E-state index in [9.17, 15) is 4.79 Å². The van der Waals surface area contributed by atoms with E-state index in [1.807, 2.05) is 30.3 Å². The van der Waals surface area contributed by atoms with Gasteiger partial charge in [0.2, 0.25) is 0 Å². The molecule has 0 N–H and O–H groups in total. The molecule has 0 aliphatic rings. The van der Waals surface area contributed by atoms with Crippen molar-refractivity contribution in [3.8, 4) is 11.5 Å². The largest absolute Gasteiger partial charge is 1.00 e. The van der Waals surface area contributed by atoms with Crippen molar-refractivity contribution < 1.29 is 137 Å². The molecule has 0 aliphatic carbocycles. The Bertz CT molecular complexity index is 674. The zero-order valence-electron chi connectivity index (χ0n) is 15.2. The number of carbonyl (C=O) groups excluding carboxylic acids is 2. The Morgan fingerprint density at radius 3 is 2.00 bits per heavy atom. The number of hydrogen-bond acceptors (Lipinski definition) is 7. The maximum absolute atomic E-state index is 11.5. The third-order valence-electron chi connectivity index (χ3n) is 2.82. The zero-order valence-corrected chi connectivity index (χ0v) is 21.4. The van der Waals surface area contributed by atoms with Gasteiger partial charge in [0.25, 0.3) is 0 Å². The van der Waals surface area contributed by atoms with Gasteiger partial charge in [0.1, 0.15) is 6.61 Å². The van der Waals surface area contributed by atoms with E-state index in [0.29, 0.717) is 23.7 Å². The summed E-state index contributed by atoms with van der Waals surface area (Å²) in [6, 6.07) is 14.8. The van der Waals surface area contributed by atoms with Crippen molar-refractivity contribution in [1.82, 2.24) is 0 Å². The van der Waals surface area contributed by atoms with Crippen molar-refractivity contribution in [3.05, 3.63) is 59.7 Å². The van der Waals surface area contributed by atoms with Crippen LogP contribution in [-0.4, -0.2) is 26.3 Å². The van der Waals surface area contributed by atoms with Gasteiger partial charge >= 0.3 is 109 Å². The van der Waals surface area contributed by atoms with E-state index in [1.54, 1.807) is 18.2 Å². The van der Waals surface area contributed by atoms with Gasteiger partial charge in [-0.05, 0) is 29.9 Å². The summed E-state index contributed by atoms with van der Waals surface area (Å²) >= 11 is 0. The van der Waals surface area contributed by atoms with Crippen molar-refractivity contribution in [1.29, 1.82) is 0 Å². The third-order valence-corrected chi connectivity index (χ3v) is 2.82. The first-order chi connectivity index (χ1) is 11.5. The molecule has 0 saturated heterocycles. The van der Waals surface area contributed by atoms with Crippen LogP contribution in [0.2, 0.25) is 0 Å².